The van der Waals surface area contributed by atoms with Crippen LogP contribution in [0, 0.1) is 0 Å². The number of likely N-dealkylation sites (tertiary alicyclic amines) is 1. The number of anilines is 1. The van der Waals surface area contributed by atoms with Gasteiger partial charge in [-0.25, -0.2) is 4.79 Å². The van der Waals surface area contributed by atoms with Crippen molar-refractivity contribution in [3.63, 3.8) is 0 Å². The number of aliphatic hydroxyl groups is 1. The number of para-hydroxylation sites is 1. The number of fused-ring (bicyclic) bond motifs is 3. The van der Waals surface area contributed by atoms with Crippen molar-refractivity contribution < 1.29 is 44.4 Å². The molecule has 1 spiro atoms. The highest BCUT2D eigenvalue weighted by Crippen LogP contribution is 2.46. The van der Waals surface area contributed by atoms with Crippen LogP contribution in [0.2, 0.25) is 0 Å². The van der Waals surface area contributed by atoms with Crippen molar-refractivity contribution in [1.82, 2.24) is 10.2 Å². The molecule has 0 saturated carbocycles. The number of carboxylic acids is 3. The highest BCUT2D eigenvalue weighted by Gasteiger charge is 2.42. The van der Waals surface area contributed by atoms with Crippen molar-refractivity contribution in [1.29, 1.82) is 0 Å². The van der Waals surface area contributed by atoms with Gasteiger partial charge in [0.2, 0.25) is 11.8 Å². The Morgan fingerprint density at radius 2 is 1.49 bits per heavy atom. The molecule has 12 nitrogen and oxygen atoms in total. The maximum atomic E-state index is 13.3. The van der Waals surface area contributed by atoms with Gasteiger partial charge in [-0.05, 0) is 73.9 Å². The third-order valence-electron chi connectivity index (χ3n) is 9.10. The van der Waals surface area contributed by atoms with E-state index in [-0.39, 0.29) is 11.8 Å². The number of carboxylic acid groups (broad SMARTS) is 3. The van der Waals surface area contributed by atoms with Crippen molar-refractivity contribution in [3.05, 3.63) is 65.2 Å². The standard InChI is InChI=1S/C27H33N3O2.C6H8O7/c1-2-28-26(32)24-19-21-8-4-6-10-23(21)30(24)25(31)12-16-29-17-14-27(15-18-29)13-11-20-7-3-5-9-22(20)27;7-3(8)1-6(13,5(11)12)2-4(9)10/h3-10,24H,2,11-19H2,1H3,(H,28,32);13H,1-2H2,(H,7,8)(H,9,10)(H,11,12)/t24-;/m0./s1. The third kappa shape index (κ3) is 7.69. The lowest BCUT2D eigenvalue weighted by atomic mass is 9.74. The van der Waals surface area contributed by atoms with E-state index in [1.54, 1.807) is 10.5 Å². The second kappa shape index (κ2) is 14.2. The number of rotatable bonds is 10. The number of hydrogen-bond acceptors (Lipinski definition) is 7. The number of likely N-dealkylation sites (N-methyl/N-ethyl adjacent to an activating group) is 1. The molecule has 1 aliphatic carbocycles. The number of aryl methyl sites for hydroxylation is 1. The van der Waals surface area contributed by atoms with Crippen LogP contribution in [0.3, 0.4) is 0 Å². The Morgan fingerprint density at radius 1 is 0.889 bits per heavy atom. The Balaban J connectivity index is 0.000000302. The summed E-state index contributed by atoms with van der Waals surface area (Å²) in [5.41, 5.74) is 2.67. The average molecular weight is 624 g/mol. The van der Waals surface area contributed by atoms with E-state index >= 15 is 0 Å². The van der Waals surface area contributed by atoms with Gasteiger partial charge in [-0.3, -0.25) is 24.1 Å². The normalized spacial score (nSPS) is 18.4. The maximum absolute atomic E-state index is 13.3. The summed E-state index contributed by atoms with van der Waals surface area (Å²) in [7, 11) is 0. The van der Waals surface area contributed by atoms with E-state index in [1.807, 2.05) is 31.2 Å². The van der Waals surface area contributed by atoms with Crippen LogP contribution in [-0.2, 0) is 42.2 Å². The molecule has 12 heteroatoms. The number of amides is 2. The summed E-state index contributed by atoms with van der Waals surface area (Å²) in [6, 6.07) is 16.4. The van der Waals surface area contributed by atoms with Crippen molar-refractivity contribution in [2.24, 2.45) is 0 Å². The number of carbonyl (C=O) groups excluding carboxylic acids is 2. The molecule has 2 aromatic rings. The van der Waals surface area contributed by atoms with Crippen molar-refractivity contribution in [2.45, 2.75) is 75.3 Å². The van der Waals surface area contributed by atoms with E-state index in [2.05, 4.69) is 34.5 Å². The minimum absolute atomic E-state index is 0.0534. The van der Waals surface area contributed by atoms with Crippen molar-refractivity contribution in [2.75, 3.05) is 31.1 Å². The fourth-order valence-electron chi connectivity index (χ4n) is 6.77. The molecule has 0 bridgehead atoms. The third-order valence-corrected chi connectivity index (χ3v) is 9.10. The lowest BCUT2D eigenvalue weighted by molar-refractivity contribution is -0.170. The summed E-state index contributed by atoms with van der Waals surface area (Å²) in [6.07, 6.45) is 3.57. The van der Waals surface area contributed by atoms with Crippen LogP contribution in [0.4, 0.5) is 5.69 Å². The minimum Gasteiger partial charge on any atom is -0.481 e. The van der Waals surface area contributed by atoms with Gasteiger partial charge in [0.05, 0.1) is 12.8 Å². The fourth-order valence-corrected chi connectivity index (χ4v) is 6.77. The lowest BCUT2D eigenvalue weighted by Gasteiger charge is -2.40. The average Bonchev–Trinajstić information content (AvgIpc) is 3.56. The van der Waals surface area contributed by atoms with Gasteiger partial charge in [0.25, 0.3) is 0 Å². The molecule has 2 aliphatic heterocycles. The first-order valence-electron chi connectivity index (χ1n) is 15.3. The van der Waals surface area contributed by atoms with Crippen molar-refractivity contribution >= 4 is 35.4 Å². The molecule has 2 aromatic carbocycles. The summed E-state index contributed by atoms with van der Waals surface area (Å²) in [5, 5.41) is 36.7. The molecule has 45 heavy (non-hydrogen) atoms. The van der Waals surface area contributed by atoms with Gasteiger partial charge < -0.3 is 30.6 Å². The van der Waals surface area contributed by atoms with Crippen molar-refractivity contribution in [3.8, 4) is 0 Å². The largest absolute Gasteiger partial charge is 0.481 e. The smallest absolute Gasteiger partial charge is 0.336 e. The molecular formula is C33H41N3O9. The van der Waals surface area contributed by atoms with Crippen LogP contribution < -0.4 is 10.2 Å². The first kappa shape index (κ1) is 33.6. The highest BCUT2D eigenvalue weighted by molar-refractivity contribution is 6.03. The molecule has 0 radical (unpaired) electrons. The lowest BCUT2D eigenvalue weighted by Crippen LogP contribution is -2.49. The Kier molecular flexibility index (Phi) is 10.6. The van der Waals surface area contributed by atoms with Crippen LogP contribution >= 0.6 is 0 Å². The van der Waals surface area contributed by atoms with Gasteiger partial charge >= 0.3 is 17.9 Å². The predicted octanol–water partition coefficient (Wildman–Crippen LogP) is 2.20. The molecule has 1 atom stereocenters. The quantitative estimate of drug-likeness (QED) is 0.263. The summed E-state index contributed by atoms with van der Waals surface area (Å²) in [6.45, 7) is 5.33. The number of nitrogens with one attached hydrogen (secondary N) is 1. The molecule has 1 fully saturated rings. The van der Waals surface area contributed by atoms with E-state index in [4.69, 9.17) is 20.4 Å². The maximum Gasteiger partial charge on any atom is 0.336 e. The second-order valence-corrected chi connectivity index (χ2v) is 12.0. The summed E-state index contributed by atoms with van der Waals surface area (Å²) in [4.78, 5) is 60.6. The van der Waals surface area contributed by atoms with Gasteiger partial charge in [-0.1, -0.05) is 42.5 Å². The Labute approximate surface area is 261 Å². The fraction of sp³-hybridized carbons (Fsp3) is 0.485. The number of nitrogens with zero attached hydrogens (tertiary/aromatic N) is 2. The zero-order valence-corrected chi connectivity index (χ0v) is 25.4. The molecule has 3 aliphatic rings. The molecule has 2 amide bonds. The van der Waals surface area contributed by atoms with Crippen LogP contribution in [0.25, 0.3) is 0 Å². The predicted molar refractivity (Wildman–Crippen MR) is 164 cm³/mol. The Morgan fingerprint density at radius 3 is 2.09 bits per heavy atom. The van der Waals surface area contributed by atoms with Crippen LogP contribution in [0.15, 0.2) is 48.5 Å². The van der Waals surface area contributed by atoms with E-state index < -0.39 is 42.4 Å². The second-order valence-electron chi connectivity index (χ2n) is 12.0. The first-order chi connectivity index (χ1) is 21.4. The van der Waals surface area contributed by atoms with Gasteiger partial charge in [0, 0.05) is 31.6 Å². The van der Waals surface area contributed by atoms with E-state index in [0.29, 0.717) is 24.8 Å². The Bertz CT molecular complexity index is 1420. The molecule has 5 N–H and O–H groups in total. The van der Waals surface area contributed by atoms with Gasteiger partial charge in [-0.2, -0.15) is 0 Å². The summed E-state index contributed by atoms with van der Waals surface area (Å²) < 4.78 is 0. The van der Waals surface area contributed by atoms with E-state index in [0.717, 1.165) is 30.9 Å². The molecule has 2 heterocycles. The topological polar surface area (TPSA) is 185 Å². The van der Waals surface area contributed by atoms with Crippen LogP contribution in [-0.4, -0.2) is 92.9 Å². The monoisotopic (exact) mass is 623 g/mol. The number of hydrogen-bond donors (Lipinski definition) is 5. The number of piperidine rings is 1. The molecule has 5 rings (SSSR count). The SMILES string of the molecule is CCNC(=O)[C@@H]1Cc2ccccc2N1C(=O)CCN1CCC2(CCc3ccccc32)CC1.O=C(O)CC(O)(CC(=O)O)C(=O)O. The van der Waals surface area contributed by atoms with Crippen LogP contribution in [0.1, 0.15) is 62.1 Å². The van der Waals surface area contributed by atoms with Gasteiger partial charge in [-0.15, -0.1) is 0 Å². The van der Waals surface area contributed by atoms with E-state index in [1.165, 1.54) is 31.2 Å². The molecule has 0 aromatic heterocycles. The molecule has 1 saturated heterocycles. The highest BCUT2D eigenvalue weighted by atomic mass is 16.4. The first-order valence-corrected chi connectivity index (χ1v) is 15.3. The number of carbonyl (C=O) groups is 5. The summed E-state index contributed by atoms with van der Waals surface area (Å²) >= 11 is 0. The van der Waals surface area contributed by atoms with E-state index in [9.17, 15) is 24.0 Å². The summed E-state index contributed by atoms with van der Waals surface area (Å²) in [5.74, 6) is -5.02. The zero-order valence-electron chi connectivity index (χ0n) is 25.4. The number of benzene rings is 2. The Hall–Kier alpha value is -4.29. The molecular weight excluding hydrogens is 582 g/mol. The molecule has 242 valence electrons. The van der Waals surface area contributed by atoms with Crippen LogP contribution in [0.5, 0.6) is 0 Å². The zero-order chi connectivity index (χ0) is 32.8. The van der Waals surface area contributed by atoms with Gasteiger partial charge in [0.1, 0.15) is 6.04 Å². The number of aliphatic carboxylic acids is 3. The minimum atomic E-state index is -2.74. The molecule has 0 unspecified atom stereocenters. The van der Waals surface area contributed by atoms with Gasteiger partial charge in [0.15, 0.2) is 5.60 Å².